The monoisotopic (exact) mass is 159 g/mol. The minimum Gasteiger partial charge on any atom is -0.281 e. The van der Waals surface area contributed by atoms with Crippen molar-refractivity contribution in [3.05, 3.63) is 17.0 Å². The summed E-state index contributed by atoms with van der Waals surface area (Å²) in [5.74, 6) is 2.03. The predicted octanol–water partition coefficient (Wildman–Crippen LogP) is 1.50. The smallest absolute Gasteiger partial charge is 0.165 e. The SMILES string of the molecule is C[C@H]1C2CC1c1c(C#N)n[nH]c12. The van der Waals surface area contributed by atoms with Crippen molar-refractivity contribution in [2.75, 3.05) is 0 Å². The van der Waals surface area contributed by atoms with Crippen molar-refractivity contribution in [3.63, 3.8) is 0 Å². The van der Waals surface area contributed by atoms with Gasteiger partial charge in [0.2, 0.25) is 0 Å². The summed E-state index contributed by atoms with van der Waals surface area (Å²) in [7, 11) is 0. The zero-order valence-electron chi connectivity index (χ0n) is 6.83. The van der Waals surface area contributed by atoms with Crippen molar-refractivity contribution in [1.82, 2.24) is 10.2 Å². The van der Waals surface area contributed by atoms with Crippen molar-refractivity contribution >= 4 is 0 Å². The van der Waals surface area contributed by atoms with Crippen LogP contribution in [0, 0.1) is 17.2 Å². The van der Waals surface area contributed by atoms with Crippen molar-refractivity contribution in [3.8, 4) is 6.07 Å². The number of nitriles is 1. The number of hydrogen-bond acceptors (Lipinski definition) is 2. The summed E-state index contributed by atoms with van der Waals surface area (Å²) >= 11 is 0. The highest BCUT2D eigenvalue weighted by Gasteiger charge is 2.51. The number of aromatic nitrogens is 2. The van der Waals surface area contributed by atoms with Crippen molar-refractivity contribution in [2.24, 2.45) is 5.92 Å². The summed E-state index contributed by atoms with van der Waals surface area (Å²) in [5, 5.41) is 15.8. The molecule has 0 saturated heterocycles. The fourth-order valence-electron chi connectivity index (χ4n) is 2.66. The Morgan fingerprint density at radius 1 is 1.58 bits per heavy atom. The molecule has 2 unspecified atom stereocenters. The van der Waals surface area contributed by atoms with Gasteiger partial charge < -0.3 is 0 Å². The normalized spacial score (nSPS) is 35.5. The lowest BCUT2D eigenvalue weighted by atomic mass is 9.71. The molecule has 3 aliphatic rings. The van der Waals surface area contributed by atoms with Gasteiger partial charge in [-0.1, -0.05) is 6.92 Å². The number of hydrogen-bond donors (Lipinski definition) is 1. The van der Waals surface area contributed by atoms with Crippen LogP contribution in [-0.4, -0.2) is 10.2 Å². The molecule has 1 saturated carbocycles. The highest BCUT2D eigenvalue weighted by atomic mass is 15.1. The fourth-order valence-corrected chi connectivity index (χ4v) is 2.66. The molecule has 1 aromatic heterocycles. The lowest BCUT2D eigenvalue weighted by molar-refractivity contribution is 0.261. The Hall–Kier alpha value is -1.30. The second kappa shape index (κ2) is 1.71. The Balaban J connectivity index is 2.22. The topological polar surface area (TPSA) is 52.5 Å². The summed E-state index contributed by atoms with van der Waals surface area (Å²) in [6.45, 7) is 2.26. The number of H-pyrrole nitrogens is 1. The van der Waals surface area contributed by atoms with Gasteiger partial charge in [-0.05, 0) is 18.3 Å². The fraction of sp³-hybridized carbons (Fsp3) is 0.556. The third-order valence-corrected chi connectivity index (χ3v) is 3.46. The highest BCUT2D eigenvalue weighted by molar-refractivity contribution is 5.48. The van der Waals surface area contributed by atoms with Gasteiger partial charge in [0.25, 0.3) is 0 Å². The summed E-state index contributed by atoms with van der Waals surface area (Å²) in [6.07, 6.45) is 1.24. The number of nitrogens with one attached hydrogen (secondary N) is 1. The van der Waals surface area contributed by atoms with Gasteiger partial charge >= 0.3 is 0 Å². The van der Waals surface area contributed by atoms with E-state index in [1.165, 1.54) is 17.7 Å². The molecule has 0 radical (unpaired) electrons. The number of aromatic amines is 1. The molecule has 0 aliphatic heterocycles. The number of nitrogens with zero attached hydrogens (tertiary/aromatic N) is 2. The second-order valence-corrected chi connectivity index (χ2v) is 3.82. The summed E-state index contributed by atoms with van der Waals surface area (Å²) < 4.78 is 0. The van der Waals surface area contributed by atoms with Crippen LogP contribution < -0.4 is 0 Å². The van der Waals surface area contributed by atoms with Crippen LogP contribution in [0.1, 0.15) is 42.1 Å². The molecule has 0 spiro atoms. The molecule has 0 aromatic carbocycles. The molecule has 4 rings (SSSR count). The Morgan fingerprint density at radius 2 is 2.42 bits per heavy atom. The van der Waals surface area contributed by atoms with Crippen LogP contribution in [0.2, 0.25) is 0 Å². The van der Waals surface area contributed by atoms with Crippen LogP contribution in [0.15, 0.2) is 0 Å². The minimum absolute atomic E-state index is 0.624. The molecule has 1 N–H and O–H groups in total. The molecule has 2 bridgehead atoms. The first-order chi connectivity index (χ1) is 5.83. The standard InChI is InChI=1S/C9H9N3/c1-4-5-2-6(4)9-8(5)7(3-10)11-12-9/h4-6H,2H2,1H3,(H,11,12)/t4-,5?,6?/m1/s1. The molecule has 12 heavy (non-hydrogen) atoms. The van der Waals surface area contributed by atoms with E-state index >= 15 is 0 Å². The third-order valence-electron chi connectivity index (χ3n) is 3.46. The van der Waals surface area contributed by atoms with Crippen molar-refractivity contribution in [2.45, 2.75) is 25.2 Å². The summed E-state index contributed by atoms with van der Waals surface area (Å²) in [6, 6.07) is 2.14. The molecule has 60 valence electrons. The molecule has 0 amide bonds. The Labute approximate surface area is 70.4 Å². The summed E-state index contributed by atoms with van der Waals surface area (Å²) in [4.78, 5) is 0. The van der Waals surface area contributed by atoms with Crippen LogP contribution >= 0.6 is 0 Å². The highest BCUT2D eigenvalue weighted by Crippen LogP contribution is 2.61. The Bertz CT molecular complexity index is 385. The van der Waals surface area contributed by atoms with Crippen LogP contribution in [0.5, 0.6) is 0 Å². The summed E-state index contributed by atoms with van der Waals surface area (Å²) in [5.41, 5.74) is 3.08. The van der Waals surface area contributed by atoms with Crippen LogP contribution in [0.4, 0.5) is 0 Å². The first-order valence-corrected chi connectivity index (χ1v) is 4.31. The van der Waals surface area contributed by atoms with E-state index < -0.39 is 0 Å². The molecular formula is C9H9N3. The molecule has 3 nitrogen and oxygen atoms in total. The van der Waals surface area contributed by atoms with Crippen molar-refractivity contribution < 1.29 is 0 Å². The third kappa shape index (κ3) is 0.454. The predicted molar refractivity (Wildman–Crippen MR) is 42.6 cm³/mol. The maximum absolute atomic E-state index is 8.78. The van der Waals surface area contributed by atoms with Gasteiger partial charge in [-0.2, -0.15) is 10.4 Å². The average Bonchev–Trinajstić information content (AvgIpc) is 2.65. The van der Waals surface area contributed by atoms with Gasteiger partial charge in [0, 0.05) is 17.2 Å². The minimum atomic E-state index is 0.624. The zero-order chi connectivity index (χ0) is 8.29. The van der Waals surface area contributed by atoms with E-state index in [0.717, 1.165) is 5.92 Å². The van der Waals surface area contributed by atoms with E-state index in [-0.39, 0.29) is 0 Å². The largest absolute Gasteiger partial charge is 0.281 e. The van der Waals surface area contributed by atoms with Gasteiger partial charge in [-0.25, -0.2) is 0 Å². The van der Waals surface area contributed by atoms with Crippen LogP contribution in [-0.2, 0) is 0 Å². The van der Waals surface area contributed by atoms with Gasteiger partial charge in [0.1, 0.15) is 6.07 Å². The van der Waals surface area contributed by atoms with Gasteiger partial charge in [0.15, 0.2) is 5.69 Å². The van der Waals surface area contributed by atoms with E-state index in [4.69, 9.17) is 5.26 Å². The molecule has 1 heterocycles. The maximum atomic E-state index is 8.78. The van der Waals surface area contributed by atoms with E-state index in [1.807, 2.05) is 0 Å². The average molecular weight is 159 g/mol. The lowest BCUT2D eigenvalue weighted by Gasteiger charge is -2.32. The zero-order valence-corrected chi connectivity index (χ0v) is 6.83. The van der Waals surface area contributed by atoms with Gasteiger partial charge in [-0.3, -0.25) is 5.10 Å². The number of rotatable bonds is 0. The van der Waals surface area contributed by atoms with Crippen molar-refractivity contribution in [1.29, 1.82) is 5.26 Å². The Morgan fingerprint density at radius 3 is 3.08 bits per heavy atom. The van der Waals surface area contributed by atoms with Crippen LogP contribution in [0.3, 0.4) is 0 Å². The molecular weight excluding hydrogens is 150 g/mol. The Kier molecular flexibility index (Phi) is 0.891. The maximum Gasteiger partial charge on any atom is 0.165 e. The van der Waals surface area contributed by atoms with Gasteiger partial charge in [-0.15, -0.1) is 0 Å². The molecule has 3 heteroatoms. The first-order valence-electron chi connectivity index (χ1n) is 4.31. The molecule has 1 fully saturated rings. The van der Waals surface area contributed by atoms with E-state index in [0.29, 0.717) is 17.5 Å². The van der Waals surface area contributed by atoms with Crippen LogP contribution in [0.25, 0.3) is 0 Å². The molecule has 1 aromatic rings. The van der Waals surface area contributed by atoms with E-state index in [1.54, 1.807) is 0 Å². The lowest BCUT2D eigenvalue weighted by Crippen LogP contribution is -2.22. The van der Waals surface area contributed by atoms with Gasteiger partial charge in [0.05, 0.1) is 0 Å². The quantitative estimate of drug-likeness (QED) is 0.623. The first kappa shape index (κ1) is 6.24. The van der Waals surface area contributed by atoms with E-state index in [9.17, 15) is 0 Å². The molecule has 3 atom stereocenters. The van der Waals surface area contributed by atoms with E-state index in [2.05, 4.69) is 23.2 Å². The second-order valence-electron chi connectivity index (χ2n) is 3.82. The molecule has 3 aliphatic carbocycles.